The number of anilines is 2. The van der Waals surface area contributed by atoms with Crippen LogP contribution in [0.15, 0.2) is 109 Å². The molecule has 2 aliphatic heterocycles. The van der Waals surface area contributed by atoms with E-state index in [1.807, 2.05) is 102 Å². The largest absolute Gasteiger partial charge is 0.469 e. The third-order valence-electron chi connectivity index (χ3n) is 8.46. The zero-order valence-corrected chi connectivity index (χ0v) is 24.6. The minimum atomic E-state index is -1.54. The smallest absolute Gasteiger partial charge is 0.329 e. The van der Waals surface area contributed by atoms with E-state index in [4.69, 9.17) is 21.1 Å². The summed E-state index contributed by atoms with van der Waals surface area (Å²) in [6.07, 6.45) is 0. The van der Waals surface area contributed by atoms with Crippen molar-refractivity contribution in [2.24, 2.45) is 5.92 Å². The molecule has 0 unspecified atom stereocenters. The van der Waals surface area contributed by atoms with Crippen LogP contribution in [0.2, 0.25) is 5.02 Å². The Morgan fingerprint density at radius 1 is 0.837 bits per heavy atom. The molecule has 43 heavy (non-hydrogen) atoms. The van der Waals surface area contributed by atoms with Crippen LogP contribution in [0.1, 0.15) is 29.7 Å². The van der Waals surface area contributed by atoms with Gasteiger partial charge in [-0.1, -0.05) is 90.5 Å². The maximum Gasteiger partial charge on any atom is 0.329 e. The summed E-state index contributed by atoms with van der Waals surface area (Å²) in [7, 11) is 1.29. The van der Waals surface area contributed by atoms with Gasteiger partial charge in [0.1, 0.15) is 17.4 Å². The molecule has 2 aliphatic rings. The van der Waals surface area contributed by atoms with E-state index in [0.29, 0.717) is 22.0 Å². The van der Waals surface area contributed by atoms with Crippen molar-refractivity contribution in [1.82, 2.24) is 0 Å². The molecule has 218 valence electrons. The lowest BCUT2D eigenvalue weighted by Gasteiger charge is -2.37. The molecule has 7 nitrogen and oxygen atoms in total. The first kappa shape index (κ1) is 28.5. The first-order chi connectivity index (χ1) is 20.9. The number of halogens is 1. The number of nitrogens with zero attached hydrogens (tertiary/aromatic N) is 2. The van der Waals surface area contributed by atoms with Gasteiger partial charge in [0.2, 0.25) is 5.91 Å². The molecule has 0 radical (unpaired) electrons. The zero-order valence-electron chi connectivity index (χ0n) is 23.9. The number of esters is 2. The Bertz CT molecular complexity index is 1650. The van der Waals surface area contributed by atoms with Crippen molar-refractivity contribution in [1.29, 1.82) is 0 Å². The fourth-order valence-corrected chi connectivity index (χ4v) is 6.98. The van der Waals surface area contributed by atoms with E-state index in [2.05, 4.69) is 0 Å². The summed E-state index contributed by atoms with van der Waals surface area (Å²) in [6.45, 7) is 2.11. The van der Waals surface area contributed by atoms with Crippen LogP contribution in [0.4, 0.5) is 11.4 Å². The highest BCUT2D eigenvalue weighted by Gasteiger charge is 2.73. The average molecular weight is 595 g/mol. The highest BCUT2D eigenvalue weighted by atomic mass is 35.5. The van der Waals surface area contributed by atoms with Gasteiger partial charge >= 0.3 is 11.9 Å². The normalized spacial score (nSPS) is 22.5. The van der Waals surface area contributed by atoms with Gasteiger partial charge in [0.05, 0.1) is 26.3 Å². The molecule has 0 bridgehead atoms. The second kappa shape index (κ2) is 11.6. The molecule has 4 aromatic rings. The second-order valence-corrected chi connectivity index (χ2v) is 11.1. The second-order valence-electron chi connectivity index (χ2n) is 10.7. The SMILES string of the molecule is CCOC(=O)[C@@H]1[C@@H](C(=O)OC)[C@]2(C(=O)N(Cc3ccccc3)c3ccccc32)[C@@H](c2ccc(Cl)cc2)N1c1ccccc1. The van der Waals surface area contributed by atoms with Gasteiger partial charge in [-0.05, 0) is 53.9 Å². The molecule has 8 heteroatoms. The lowest BCUT2D eigenvalue weighted by atomic mass is 9.65. The minimum absolute atomic E-state index is 0.106. The van der Waals surface area contributed by atoms with Crippen molar-refractivity contribution in [3.05, 3.63) is 131 Å². The molecule has 4 atom stereocenters. The fraction of sp³-hybridized carbons (Fsp3) is 0.229. The van der Waals surface area contributed by atoms with Crippen LogP contribution in [-0.4, -0.2) is 37.6 Å². The number of carbonyl (C=O) groups is 3. The summed E-state index contributed by atoms with van der Waals surface area (Å²) in [6, 6.07) is 31.8. The van der Waals surface area contributed by atoms with E-state index in [9.17, 15) is 9.59 Å². The monoisotopic (exact) mass is 594 g/mol. The molecule has 0 saturated carbocycles. The first-order valence-corrected chi connectivity index (χ1v) is 14.6. The molecular formula is C35H31ClN2O5. The number of para-hydroxylation sites is 2. The average Bonchev–Trinajstić information content (AvgIpc) is 3.49. The van der Waals surface area contributed by atoms with Crippen molar-refractivity contribution in [2.75, 3.05) is 23.5 Å². The van der Waals surface area contributed by atoms with Gasteiger partial charge in [0, 0.05) is 16.4 Å². The first-order valence-electron chi connectivity index (χ1n) is 14.2. The summed E-state index contributed by atoms with van der Waals surface area (Å²) >= 11 is 6.33. The molecule has 0 aromatic heterocycles. The Kier molecular flexibility index (Phi) is 7.67. The number of carbonyl (C=O) groups excluding carboxylic acids is 3. The summed E-state index contributed by atoms with van der Waals surface area (Å²) in [5.41, 5.74) is 2.11. The lowest BCUT2D eigenvalue weighted by Crippen LogP contribution is -2.51. The zero-order chi connectivity index (χ0) is 30.1. The van der Waals surface area contributed by atoms with E-state index in [1.54, 1.807) is 24.0 Å². The van der Waals surface area contributed by atoms with Gasteiger partial charge in [0.25, 0.3) is 0 Å². The van der Waals surface area contributed by atoms with Crippen molar-refractivity contribution in [3.8, 4) is 0 Å². The van der Waals surface area contributed by atoms with E-state index < -0.39 is 35.4 Å². The van der Waals surface area contributed by atoms with Crippen molar-refractivity contribution < 1.29 is 23.9 Å². The maximum absolute atomic E-state index is 15.3. The third-order valence-corrected chi connectivity index (χ3v) is 8.71. The van der Waals surface area contributed by atoms with Gasteiger partial charge in [0.15, 0.2) is 0 Å². The highest BCUT2D eigenvalue weighted by Crippen LogP contribution is 2.62. The predicted octanol–water partition coefficient (Wildman–Crippen LogP) is 6.11. The summed E-state index contributed by atoms with van der Waals surface area (Å²) in [5.74, 6) is -2.79. The van der Waals surface area contributed by atoms with Gasteiger partial charge in [-0.3, -0.25) is 9.59 Å². The number of amides is 1. The van der Waals surface area contributed by atoms with Gasteiger partial charge in [-0.25, -0.2) is 4.79 Å². The molecule has 2 heterocycles. The van der Waals surface area contributed by atoms with Crippen LogP contribution in [0.3, 0.4) is 0 Å². The number of hydrogen-bond acceptors (Lipinski definition) is 6. The quantitative estimate of drug-likeness (QED) is 0.240. The number of ether oxygens (including phenoxy) is 2. The highest BCUT2D eigenvalue weighted by molar-refractivity contribution is 6.30. The molecular weight excluding hydrogens is 564 g/mol. The Hall–Kier alpha value is -4.62. The molecule has 1 spiro atoms. The van der Waals surface area contributed by atoms with E-state index >= 15 is 4.79 Å². The summed E-state index contributed by atoms with van der Waals surface area (Å²) in [4.78, 5) is 47.0. The van der Waals surface area contributed by atoms with Crippen LogP contribution in [0.25, 0.3) is 0 Å². The third kappa shape index (κ3) is 4.55. The van der Waals surface area contributed by atoms with Crippen LogP contribution < -0.4 is 9.80 Å². The van der Waals surface area contributed by atoms with Gasteiger partial charge in [-0.15, -0.1) is 0 Å². The summed E-state index contributed by atoms with van der Waals surface area (Å²) < 4.78 is 11.0. The van der Waals surface area contributed by atoms with Crippen molar-refractivity contribution >= 4 is 40.8 Å². The molecule has 1 fully saturated rings. The number of hydrogen-bond donors (Lipinski definition) is 0. The Morgan fingerprint density at radius 3 is 2.12 bits per heavy atom. The molecule has 0 aliphatic carbocycles. The Morgan fingerprint density at radius 2 is 1.47 bits per heavy atom. The van der Waals surface area contributed by atoms with E-state index in [1.165, 1.54) is 7.11 Å². The van der Waals surface area contributed by atoms with Crippen LogP contribution >= 0.6 is 11.6 Å². The summed E-state index contributed by atoms with van der Waals surface area (Å²) in [5, 5.41) is 0.525. The van der Waals surface area contributed by atoms with Crippen LogP contribution in [0.5, 0.6) is 0 Å². The predicted molar refractivity (Wildman–Crippen MR) is 165 cm³/mol. The number of rotatable bonds is 7. The Labute approximate surface area is 255 Å². The van der Waals surface area contributed by atoms with E-state index in [-0.39, 0.29) is 19.1 Å². The lowest BCUT2D eigenvalue weighted by molar-refractivity contribution is -0.157. The molecule has 0 N–H and O–H groups in total. The fourth-order valence-electron chi connectivity index (χ4n) is 6.85. The number of fused-ring (bicyclic) bond motifs is 2. The molecule has 6 rings (SSSR count). The van der Waals surface area contributed by atoms with Crippen LogP contribution in [-0.2, 0) is 35.8 Å². The topological polar surface area (TPSA) is 76.2 Å². The number of benzene rings is 4. The minimum Gasteiger partial charge on any atom is -0.469 e. The standard InChI is InChI=1S/C35H31ClN2O5/c1-3-43-33(40)30-29(32(39)42-2)35(31(24-18-20-25(36)21-19-24)38(30)26-14-8-5-9-15-26)27-16-10-11-17-28(27)37(34(35)41)22-23-12-6-4-7-13-23/h4-21,29-31H,3,22H2,1-2H3/t29-,30-,31+,35-/m0/s1. The van der Waals surface area contributed by atoms with Crippen molar-refractivity contribution in [2.45, 2.75) is 31.0 Å². The maximum atomic E-state index is 15.3. The van der Waals surface area contributed by atoms with E-state index in [0.717, 1.165) is 11.1 Å². The molecule has 1 saturated heterocycles. The molecule has 1 amide bonds. The molecule has 4 aromatic carbocycles. The van der Waals surface area contributed by atoms with Gasteiger partial charge in [-0.2, -0.15) is 0 Å². The van der Waals surface area contributed by atoms with Crippen molar-refractivity contribution in [3.63, 3.8) is 0 Å². The van der Waals surface area contributed by atoms with Gasteiger partial charge < -0.3 is 19.3 Å². The van der Waals surface area contributed by atoms with Crippen LogP contribution in [0, 0.1) is 5.92 Å². The Balaban J connectivity index is 1.69. The number of methoxy groups -OCH3 is 1.